The summed E-state index contributed by atoms with van der Waals surface area (Å²) in [4.78, 5) is 15.8. The normalized spacial score (nSPS) is 10.4. The smallest absolute Gasteiger partial charge is 0.341 e. The molecule has 0 N–H and O–H groups in total. The Morgan fingerprint density at radius 3 is 2.61 bits per heavy atom. The van der Waals surface area contributed by atoms with Crippen molar-refractivity contribution in [2.75, 3.05) is 6.61 Å². The molecule has 2 rings (SSSR count). The average Bonchev–Trinajstić information content (AvgIpc) is 2.66. The molecule has 18 heavy (non-hydrogen) atoms. The van der Waals surface area contributed by atoms with Crippen molar-refractivity contribution >= 4 is 5.97 Å². The third kappa shape index (κ3) is 2.11. The maximum atomic E-state index is 11.8. The molecule has 94 valence electrons. The monoisotopic (exact) mass is 245 g/mol. The standard InChI is InChI=1S/C13H15N3O2/c1-4-18-13(17)12-9(2)15-16(10(12)3)11-5-7-14-8-6-11/h5-8H,4H2,1-3H3. The van der Waals surface area contributed by atoms with Crippen molar-refractivity contribution in [2.45, 2.75) is 20.8 Å². The zero-order valence-corrected chi connectivity index (χ0v) is 10.7. The third-order valence-electron chi connectivity index (χ3n) is 2.68. The number of hydrogen-bond donors (Lipinski definition) is 0. The summed E-state index contributed by atoms with van der Waals surface area (Å²) in [5, 5.41) is 4.37. The average molecular weight is 245 g/mol. The van der Waals surface area contributed by atoms with Crippen LogP contribution in [0.1, 0.15) is 28.7 Å². The van der Waals surface area contributed by atoms with E-state index in [2.05, 4.69) is 10.1 Å². The highest BCUT2D eigenvalue weighted by atomic mass is 16.5. The Bertz CT molecular complexity index is 561. The summed E-state index contributed by atoms with van der Waals surface area (Å²) < 4.78 is 6.76. The lowest BCUT2D eigenvalue weighted by molar-refractivity contribution is 0.0524. The lowest BCUT2D eigenvalue weighted by Crippen LogP contribution is -2.07. The second-order valence-corrected chi connectivity index (χ2v) is 3.88. The first-order valence-electron chi connectivity index (χ1n) is 5.79. The summed E-state index contributed by atoms with van der Waals surface area (Å²) in [5.74, 6) is -0.326. The van der Waals surface area contributed by atoms with E-state index in [1.54, 1.807) is 30.9 Å². The van der Waals surface area contributed by atoms with Crippen LogP contribution in [-0.4, -0.2) is 27.3 Å². The molecule has 2 heterocycles. The van der Waals surface area contributed by atoms with Crippen LogP contribution in [0, 0.1) is 13.8 Å². The van der Waals surface area contributed by atoms with Crippen molar-refractivity contribution in [1.29, 1.82) is 0 Å². The van der Waals surface area contributed by atoms with E-state index in [4.69, 9.17) is 4.74 Å². The Morgan fingerprint density at radius 1 is 1.33 bits per heavy atom. The van der Waals surface area contributed by atoms with Gasteiger partial charge in [0.15, 0.2) is 0 Å². The zero-order valence-electron chi connectivity index (χ0n) is 10.7. The van der Waals surface area contributed by atoms with Crippen LogP contribution in [0.2, 0.25) is 0 Å². The minimum atomic E-state index is -0.326. The van der Waals surface area contributed by atoms with Crippen LogP contribution in [-0.2, 0) is 4.74 Å². The highest BCUT2D eigenvalue weighted by Gasteiger charge is 2.20. The number of ether oxygens (including phenoxy) is 1. The number of aromatic nitrogens is 3. The molecule has 0 fully saturated rings. The SMILES string of the molecule is CCOC(=O)c1c(C)nn(-c2ccncc2)c1C. The van der Waals surface area contributed by atoms with Crippen LogP contribution >= 0.6 is 0 Å². The Labute approximate surface area is 105 Å². The van der Waals surface area contributed by atoms with E-state index in [9.17, 15) is 4.79 Å². The number of carbonyl (C=O) groups is 1. The second kappa shape index (κ2) is 5.00. The lowest BCUT2D eigenvalue weighted by Gasteiger charge is -2.04. The predicted octanol–water partition coefficient (Wildman–Crippen LogP) is 2.06. The maximum absolute atomic E-state index is 11.8. The van der Waals surface area contributed by atoms with Gasteiger partial charge in [0, 0.05) is 12.4 Å². The molecule has 5 heteroatoms. The van der Waals surface area contributed by atoms with Gasteiger partial charge in [-0.15, -0.1) is 0 Å². The van der Waals surface area contributed by atoms with Crippen LogP contribution in [0.4, 0.5) is 0 Å². The molecule has 0 aliphatic heterocycles. The molecule has 0 aromatic carbocycles. The maximum Gasteiger partial charge on any atom is 0.341 e. The number of hydrogen-bond acceptors (Lipinski definition) is 4. The molecule has 0 saturated carbocycles. The van der Waals surface area contributed by atoms with Crippen molar-refractivity contribution in [3.05, 3.63) is 41.5 Å². The quantitative estimate of drug-likeness (QED) is 0.777. The van der Waals surface area contributed by atoms with Gasteiger partial charge < -0.3 is 4.74 Å². The summed E-state index contributed by atoms with van der Waals surface area (Å²) in [6.07, 6.45) is 3.38. The van der Waals surface area contributed by atoms with Crippen LogP contribution in [0.5, 0.6) is 0 Å². The first-order valence-corrected chi connectivity index (χ1v) is 5.79. The van der Waals surface area contributed by atoms with E-state index in [0.29, 0.717) is 17.9 Å². The largest absolute Gasteiger partial charge is 0.462 e. The first kappa shape index (κ1) is 12.3. The minimum absolute atomic E-state index is 0.326. The van der Waals surface area contributed by atoms with Gasteiger partial charge in [-0.05, 0) is 32.9 Å². The molecule has 0 aliphatic rings. The molecule has 2 aromatic heterocycles. The van der Waals surface area contributed by atoms with Crippen LogP contribution in [0.25, 0.3) is 5.69 Å². The second-order valence-electron chi connectivity index (χ2n) is 3.88. The van der Waals surface area contributed by atoms with Gasteiger partial charge in [-0.2, -0.15) is 5.10 Å². The number of aryl methyl sites for hydroxylation is 1. The Balaban J connectivity index is 2.47. The van der Waals surface area contributed by atoms with E-state index in [-0.39, 0.29) is 5.97 Å². The molecule has 0 spiro atoms. The van der Waals surface area contributed by atoms with Gasteiger partial charge in [-0.25, -0.2) is 9.48 Å². The number of pyridine rings is 1. The molecule has 0 atom stereocenters. The molecule has 0 radical (unpaired) electrons. The number of rotatable bonds is 3. The molecule has 0 unspecified atom stereocenters. The topological polar surface area (TPSA) is 57.0 Å². The first-order chi connectivity index (χ1) is 8.65. The molecule has 0 bridgehead atoms. The van der Waals surface area contributed by atoms with Gasteiger partial charge in [0.2, 0.25) is 0 Å². The van der Waals surface area contributed by atoms with E-state index < -0.39 is 0 Å². The van der Waals surface area contributed by atoms with Gasteiger partial charge in [-0.1, -0.05) is 0 Å². The van der Waals surface area contributed by atoms with Crippen molar-refractivity contribution in [1.82, 2.24) is 14.8 Å². The fraction of sp³-hybridized carbons (Fsp3) is 0.308. The zero-order chi connectivity index (χ0) is 13.1. The Morgan fingerprint density at radius 2 is 2.00 bits per heavy atom. The lowest BCUT2D eigenvalue weighted by atomic mass is 10.2. The van der Waals surface area contributed by atoms with Gasteiger partial charge in [0.25, 0.3) is 0 Å². The van der Waals surface area contributed by atoms with Crippen molar-refractivity contribution < 1.29 is 9.53 Å². The molecule has 5 nitrogen and oxygen atoms in total. The molecule has 0 amide bonds. The Hall–Kier alpha value is -2.17. The van der Waals surface area contributed by atoms with Crippen molar-refractivity contribution in [3.8, 4) is 5.69 Å². The van der Waals surface area contributed by atoms with Crippen molar-refractivity contribution in [3.63, 3.8) is 0 Å². The van der Waals surface area contributed by atoms with E-state index in [1.165, 1.54) is 0 Å². The van der Waals surface area contributed by atoms with Gasteiger partial charge >= 0.3 is 5.97 Å². The summed E-state index contributed by atoms with van der Waals surface area (Å²) in [6.45, 7) is 5.80. The molecular formula is C13H15N3O2. The minimum Gasteiger partial charge on any atom is -0.462 e. The number of nitrogens with zero attached hydrogens (tertiary/aromatic N) is 3. The van der Waals surface area contributed by atoms with E-state index in [0.717, 1.165) is 11.4 Å². The van der Waals surface area contributed by atoms with E-state index in [1.807, 2.05) is 19.1 Å². The summed E-state index contributed by atoms with van der Waals surface area (Å²) in [6, 6.07) is 3.68. The Kier molecular flexibility index (Phi) is 3.41. The van der Waals surface area contributed by atoms with Gasteiger partial charge in [-0.3, -0.25) is 4.98 Å². The molecule has 0 saturated heterocycles. The van der Waals surface area contributed by atoms with Gasteiger partial charge in [0.1, 0.15) is 5.56 Å². The predicted molar refractivity (Wildman–Crippen MR) is 66.8 cm³/mol. The number of carbonyl (C=O) groups excluding carboxylic acids is 1. The number of esters is 1. The highest BCUT2D eigenvalue weighted by Crippen LogP contribution is 2.18. The highest BCUT2D eigenvalue weighted by molar-refractivity contribution is 5.92. The van der Waals surface area contributed by atoms with Crippen LogP contribution in [0.3, 0.4) is 0 Å². The summed E-state index contributed by atoms with van der Waals surface area (Å²) in [7, 11) is 0. The van der Waals surface area contributed by atoms with Crippen LogP contribution < -0.4 is 0 Å². The van der Waals surface area contributed by atoms with Crippen molar-refractivity contribution in [2.24, 2.45) is 0 Å². The fourth-order valence-corrected chi connectivity index (χ4v) is 1.88. The summed E-state index contributed by atoms with van der Waals surface area (Å²) >= 11 is 0. The molecular weight excluding hydrogens is 230 g/mol. The summed E-state index contributed by atoms with van der Waals surface area (Å²) in [5.41, 5.74) is 2.86. The van der Waals surface area contributed by atoms with Crippen LogP contribution in [0.15, 0.2) is 24.5 Å². The third-order valence-corrected chi connectivity index (χ3v) is 2.68. The fourth-order valence-electron chi connectivity index (χ4n) is 1.88. The van der Waals surface area contributed by atoms with E-state index >= 15 is 0 Å². The van der Waals surface area contributed by atoms with Gasteiger partial charge in [0.05, 0.1) is 23.7 Å². The molecule has 0 aliphatic carbocycles. The molecule has 2 aromatic rings.